The Morgan fingerprint density at radius 1 is 0.851 bits per heavy atom. The number of hydrogen-bond acceptors (Lipinski definition) is 25. The lowest BCUT2D eigenvalue weighted by Gasteiger charge is -2.50. The van der Waals surface area contributed by atoms with Gasteiger partial charge in [0.05, 0.1) is 68.5 Å². The van der Waals surface area contributed by atoms with E-state index in [2.05, 4.69) is 34.1 Å². The molecule has 3 spiro atoms. The molecule has 0 aliphatic carbocycles. The average molecular weight is 1380 g/mol. The number of amides is 1. The van der Waals surface area contributed by atoms with E-state index in [4.69, 9.17) is 51.7 Å². The van der Waals surface area contributed by atoms with Crippen LogP contribution in [0, 0.1) is 17.8 Å². The Bertz CT molecular complexity index is 2910. The number of rotatable bonds is 31. The van der Waals surface area contributed by atoms with Crippen LogP contribution in [0.1, 0.15) is 150 Å². The Hall–Kier alpha value is -3.97. The van der Waals surface area contributed by atoms with Crippen LogP contribution < -0.4 is 5.32 Å². The summed E-state index contributed by atoms with van der Waals surface area (Å²) in [4.78, 5) is 37.5. The van der Waals surface area contributed by atoms with Gasteiger partial charge in [0.15, 0.2) is 17.7 Å². The number of carbonyl (C=O) groups is 3. The van der Waals surface area contributed by atoms with Crippen molar-refractivity contribution in [3.63, 3.8) is 0 Å². The molecule has 7 rings (SSSR count). The number of hydrogen-bond donors (Lipinski definition) is 10. The number of fused-ring (bicyclic) bond motifs is 1. The zero-order valence-electron chi connectivity index (χ0n) is 54.2. The predicted octanol–water partition coefficient (Wildman–Crippen LogP) is 3.65. The monoisotopic (exact) mass is 1380 g/mol. The van der Waals surface area contributed by atoms with E-state index in [0.29, 0.717) is 68.6 Å². The van der Waals surface area contributed by atoms with Crippen LogP contribution in [-0.2, 0) is 86.2 Å². The SMILES string of the molecule is C=C1[C@@H](O)[C@H]2O[C@@]3(CC[C@@H]2O[C@@H]1[C@@H](O)C[C@H](C)[C@H]1O[C@@]2(CCCCO2)CC[C@H]1C)CC[C@H](/C=C/[C@H](C)[C@@H]1CC(C)=C[C@@]2(O[C@H](C[C@@H](O)C(=O)OC/C(C)=C/C=C/COC(=O)C/C=C/CCC(=O)NC[C@H](O)C[C@H](O)[C@H](OS(=O)(=O)O)[C@H](O)COS(=O)(=O)O)CC[C@H]2O)O1)O3. The van der Waals surface area contributed by atoms with Crippen molar-refractivity contribution >= 4 is 38.6 Å². The van der Waals surface area contributed by atoms with E-state index in [9.17, 15) is 67.0 Å². The first-order valence-electron chi connectivity index (χ1n) is 32.6. The fourth-order valence-corrected chi connectivity index (χ4v) is 14.2. The van der Waals surface area contributed by atoms with Gasteiger partial charge in [0, 0.05) is 57.4 Å². The Labute approximate surface area is 550 Å². The molecule has 0 aromatic carbocycles. The van der Waals surface area contributed by atoms with Crippen molar-refractivity contribution < 1.29 is 127 Å². The third-order valence-electron chi connectivity index (χ3n) is 18.4. The third-order valence-corrected chi connectivity index (χ3v) is 19.3. The van der Waals surface area contributed by atoms with Crippen molar-refractivity contribution in [2.45, 2.75) is 259 Å². The Balaban J connectivity index is 0.767. The Morgan fingerprint density at radius 3 is 2.32 bits per heavy atom. The molecule has 28 nitrogen and oxygen atoms in total. The summed E-state index contributed by atoms with van der Waals surface area (Å²) in [6, 6.07) is 0. The Morgan fingerprint density at radius 2 is 1.60 bits per heavy atom. The van der Waals surface area contributed by atoms with Gasteiger partial charge in [-0.25, -0.2) is 13.2 Å². The minimum absolute atomic E-state index is 0.0125. The van der Waals surface area contributed by atoms with Crippen LogP contribution in [0.3, 0.4) is 0 Å². The molecule has 10 N–H and O–H groups in total. The summed E-state index contributed by atoms with van der Waals surface area (Å²) in [6.45, 7) is 12.9. The molecule has 534 valence electrons. The molecule has 1 amide bonds. The van der Waals surface area contributed by atoms with Crippen molar-refractivity contribution in [1.82, 2.24) is 5.32 Å². The van der Waals surface area contributed by atoms with Gasteiger partial charge in [-0.2, -0.15) is 16.8 Å². The zero-order valence-corrected chi connectivity index (χ0v) is 55.8. The van der Waals surface area contributed by atoms with Gasteiger partial charge in [-0.1, -0.05) is 69.4 Å². The minimum Gasteiger partial charge on any atom is -0.461 e. The van der Waals surface area contributed by atoms with Gasteiger partial charge >= 0.3 is 32.7 Å². The number of allylic oxidation sites excluding steroid dienone is 3. The molecule has 0 unspecified atom stereocenters. The van der Waals surface area contributed by atoms with Crippen molar-refractivity contribution in [2.75, 3.05) is 33.0 Å². The van der Waals surface area contributed by atoms with Crippen molar-refractivity contribution in [1.29, 1.82) is 0 Å². The van der Waals surface area contributed by atoms with Gasteiger partial charge in [0.25, 0.3) is 0 Å². The maximum absolute atomic E-state index is 13.0. The smallest absolute Gasteiger partial charge is 0.397 e. The molecular weight excluding hydrogens is 1280 g/mol. The number of aliphatic hydroxyl groups is 7. The van der Waals surface area contributed by atoms with E-state index in [1.165, 1.54) is 6.08 Å². The summed E-state index contributed by atoms with van der Waals surface area (Å²) in [5.41, 5.74) is 1.94. The highest BCUT2D eigenvalue weighted by molar-refractivity contribution is 7.81. The number of nitrogens with one attached hydrogen (secondary N) is 1. The lowest BCUT2D eigenvalue weighted by atomic mass is 9.79. The van der Waals surface area contributed by atoms with E-state index in [1.807, 2.05) is 26.0 Å². The number of aliphatic hydroxyl groups excluding tert-OH is 7. The van der Waals surface area contributed by atoms with Gasteiger partial charge < -0.3 is 83.7 Å². The molecule has 7 aliphatic rings. The van der Waals surface area contributed by atoms with Crippen molar-refractivity contribution in [3.8, 4) is 0 Å². The summed E-state index contributed by atoms with van der Waals surface area (Å²) >= 11 is 0. The molecule has 0 aromatic heterocycles. The van der Waals surface area contributed by atoms with Crippen LogP contribution in [-0.4, -0.2) is 221 Å². The van der Waals surface area contributed by atoms with Crippen LogP contribution in [0.25, 0.3) is 0 Å². The molecule has 0 aromatic rings. The molecule has 0 radical (unpaired) electrons. The molecule has 0 bridgehead atoms. The highest BCUT2D eigenvalue weighted by Gasteiger charge is 2.55. The molecule has 7 aliphatic heterocycles. The topological polar surface area (TPSA) is 415 Å². The molecular formula is C64H99NO27S2. The summed E-state index contributed by atoms with van der Waals surface area (Å²) in [5, 5.41) is 78.5. The quantitative estimate of drug-likeness (QED) is 0.0205. The lowest BCUT2D eigenvalue weighted by molar-refractivity contribution is -0.320. The van der Waals surface area contributed by atoms with Crippen molar-refractivity contribution in [2.24, 2.45) is 17.8 Å². The summed E-state index contributed by atoms with van der Waals surface area (Å²) in [5.74, 6) is -4.82. The highest BCUT2D eigenvalue weighted by atomic mass is 32.3. The van der Waals surface area contributed by atoms with E-state index in [1.54, 1.807) is 37.3 Å². The highest BCUT2D eigenvalue weighted by Crippen LogP contribution is 2.48. The largest absolute Gasteiger partial charge is 0.461 e. The van der Waals surface area contributed by atoms with Crippen LogP contribution in [0.15, 0.2) is 71.9 Å². The molecule has 21 atom stereocenters. The zero-order chi connectivity index (χ0) is 68.8. The number of ether oxygens (including phenoxy) is 9. The molecule has 6 fully saturated rings. The standard InChI is InChI=1S/C64H99NO27S2/c1-38(14-10-12-28-82-55(73)16-9-7-8-15-54(72)65-35-44(66)32-48(68)59(92-94(79,80)81)50(70)37-85-93(76,77)78)36-83-61(75)49(69)33-46-19-20-53(71)64(88-46)34-39(2)30-52(89-64)40(3)17-18-45-22-26-63(87-45)27-23-51-60(91-63)56(74)43(6)58(86-51)47(67)31-42(5)57-41(4)21-25-62(90-57)24-11-13-29-84-62/h7,9-10,12,14,17-18,34,40-42,44-53,56-60,66-71,74H,6,8,11,13,15-16,19-33,35-37H2,1-5H3,(H,65,72)(H,76,77,78)(H,79,80,81)/b9-7+,12-10+,18-17+,38-14+/t40-,41+,42-,44+,45-,46-,47-,48-,49+,50+,51-,52-,53+,56+,57-,58-,59-,60-,62-,63+,64+/m0/s1. The van der Waals surface area contributed by atoms with Gasteiger partial charge in [-0.15, -0.1) is 0 Å². The molecule has 6 saturated heterocycles. The van der Waals surface area contributed by atoms with Gasteiger partial charge in [0.1, 0.15) is 49.8 Å². The second-order valence-corrected chi connectivity index (χ2v) is 28.5. The van der Waals surface area contributed by atoms with Crippen LogP contribution >= 0.6 is 0 Å². The van der Waals surface area contributed by atoms with Gasteiger partial charge in [0.2, 0.25) is 11.7 Å². The summed E-state index contributed by atoms with van der Waals surface area (Å²) in [7, 11) is -10.4. The van der Waals surface area contributed by atoms with E-state index in [-0.39, 0.29) is 69.4 Å². The predicted molar refractivity (Wildman–Crippen MR) is 333 cm³/mol. The maximum Gasteiger partial charge on any atom is 0.397 e. The molecule has 7 heterocycles. The van der Waals surface area contributed by atoms with Gasteiger partial charge in [-0.3, -0.25) is 18.7 Å². The molecule has 30 heteroatoms. The van der Waals surface area contributed by atoms with Gasteiger partial charge in [-0.05, 0) is 113 Å². The fourth-order valence-electron chi connectivity index (χ4n) is 13.3. The summed E-state index contributed by atoms with van der Waals surface area (Å²) < 4.78 is 126. The van der Waals surface area contributed by atoms with E-state index < -0.39 is 155 Å². The Kier molecular flexibility index (Phi) is 28.6. The second kappa shape index (κ2) is 34.7. The summed E-state index contributed by atoms with van der Waals surface area (Å²) in [6.07, 6.45) is 5.63. The van der Waals surface area contributed by atoms with E-state index >= 15 is 0 Å². The van der Waals surface area contributed by atoms with E-state index in [0.717, 1.165) is 37.7 Å². The third kappa shape index (κ3) is 22.8. The normalized spacial score (nSPS) is 33.8. The second-order valence-electron chi connectivity index (χ2n) is 26.3. The average Bonchev–Trinajstić information content (AvgIpc) is 1.24. The maximum atomic E-state index is 13.0. The lowest BCUT2D eigenvalue weighted by Crippen LogP contribution is -2.60. The number of esters is 2. The van der Waals surface area contributed by atoms with Crippen LogP contribution in [0.4, 0.5) is 0 Å². The van der Waals surface area contributed by atoms with Crippen LogP contribution in [0.5, 0.6) is 0 Å². The first kappa shape index (κ1) is 77.4. The first-order valence-corrected chi connectivity index (χ1v) is 35.3. The first-order chi connectivity index (χ1) is 44.3. The van der Waals surface area contributed by atoms with Crippen LogP contribution in [0.2, 0.25) is 0 Å². The number of carbonyl (C=O) groups excluding carboxylic acids is 3. The molecule has 0 saturated carbocycles. The molecule has 94 heavy (non-hydrogen) atoms. The minimum atomic E-state index is -5.31. The fraction of sp³-hybridized carbons (Fsp3) is 0.766. The van der Waals surface area contributed by atoms with Crippen molar-refractivity contribution in [3.05, 3.63) is 71.9 Å².